The smallest absolute Gasteiger partial charge is 0.0204 e. The predicted molar refractivity (Wildman–Crippen MR) is 55.8 cm³/mol. The second kappa shape index (κ2) is 3.97. The molecule has 1 heterocycles. The third-order valence-corrected chi connectivity index (χ3v) is 3.64. The molecule has 76 valence electrons. The summed E-state index contributed by atoms with van der Waals surface area (Å²) in [6, 6.07) is 1.72. The van der Waals surface area contributed by atoms with Gasteiger partial charge < -0.3 is 5.32 Å². The van der Waals surface area contributed by atoms with Crippen LogP contribution in [0.4, 0.5) is 0 Å². The molecule has 1 saturated carbocycles. The fraction of sp³-hybridized carbons (Fsp3) is 1.00. The van der Waals surface area contributed by atoms with E-state index in [4.69, 9.17) is 0 Å². The molecular weight excluding hydrogens is 160 g/mol. The maximum Gasteiger partial charge on any atom is 0.0204 e. The fourth-order valence-corrected chi connectivity index (χ4v) is 2.68. The van der Waals surface area contributed by atoms with Gasteiger partial charge in [-0.25, -0.2) is 0 Å². The average molecular weight is 182 g/mol. The number of nitrogens with one attached hydrogen (secondary N) is 1. The van der Waals surface area contributed by atoms with Gasteiger partial charge in [0.2, 0.25) is 0 Å². The molecule has 0 radical (unpaired) electrons. The van der Waals surface area contributed by atoms with Gasteiger partial charge in [0.15, 0.2) is 0 Å². The molecule has 13 heavy (non-hydrogen) atoms. The van der Waals surface area contributed by atoms with Crippen LogP contribution in [0.25, 0.3) is 0 Å². The van der Waals surface area contributed by atoms with Crippen molar-refractivity contribution < 1.29 is 0 Å². The van der Waals surface area contributed by atoms with E-state index in [-0.39, 0.29) is 0 Å². The lowest BCUT2D eigenvalue weighted by Gasteiger charge is -2.15. The van der Waals surface area contributed by atoms with Crippen LogP contribution in [0.15, 0.2) is 0 Å². The van der Waals surface area contributed by atoms with Gasteiger partial charge in [0.05, 0.1) is 0 Å². The van der Waals surface area contributed by atoms with Crippen LogP contribution in [-0.2, 0) is 0 Å². The van der Waals surface area contributed by atoms with E-state index in [2.05, 4.69) is 24.2 Å². The van der Waals surface area contributed by atoms with Crippen molar-refractivity contribution in [1.82, 2.24) is 10.2 Å². The Hall–Kier alpha value is -0.0800. The zero-order chi connectivity index (χ0) is 9.26. The molecular formula is C11H22N2. The van der Waals surface area contributed by atoms with Crippen molar-refractivity contribution in [2.45, 2.75) is 44.7 Å². The second-order valence-electron chi connectivity index (χ2n) is 4.62. The minimum atomic E-state index is 0.767. The first-order chi connectivity index (χ1) is 6.35. The molecule has 3 unspecified atom stereocenters. The van der Waals surface area contributed by atoms with E-state index in [0.717, 1.165) is 18.0 Å². The van der Waals surface area contributed by atoms with Gasteiger partial charge >= 0.3 is 0 Å². The van der Waals surface area contributed by atoms with Crippen molar-refractivity contribution in [3.8, 4) is 0 Å². The fourth-order valence-electron chi connectivity index (χ4n) is 2.68. The normalized spacial score (nSPS) is 39.7. The van der Waals surface area contributed by atoms with Gasteiger partial charge in [-0.15, -0.1) is 0 Å². The van der Waals surface area contributed by atoms with Crippen LogP contribution in [0, 0.1) is 5.92 Å². The summed E-state index contributed by atoms with van der Waals surface area (Å²) in [4.78, 5) is 2.70. The number of nitrogens with zero attached hydrogens (tertiary/aromatic N) is 1. The van der Waals surface area contributed by atoms with Crippen LogP contribution >= 0.6 is 0 Å². The minimum absolute atomic E-state index is 0.767. The molecule has 0 aromatic carbocycles. The number of hydrogen-bond acceptors (Lipinski definition) is 2. The molecule has 1 saturated heterocycles. The average Bonchev–Trinajstić information content (AvgIpc) is 2.76. The number of rotatable bonds is 4. The molecule has 1 aliphatic heterocycles. The Morgan fingerprint density at radius 1 is 1.46 bits per heavy atom. The van der Waals surface area contributed by atoms with Gasteiger partial charge in [-0.2, -0.15) is 0 Å². The lowest BCUT2D eigenvalue weighted by molar-refractivity contribution is 0.301. The van der Waals surface area contributed by atoms with Crippen LogP contribution in [0.5, 0.6) is 0 Å². The largest absolute Gasteiger partial charge is 0.316 e. The summed E-state index contributed by atoms with van der Waals surface area (Å²) >= 11 is 0. The maximum absolute atomic E-state index is 3.38. The van der Waals surface area contributed by atoms with Crippen molar-refractivity contribution in [3.63, 3.8) is 0 Å². The zero-order valence-corrected chi connectivity index (χ0v) is 8.92. The van der Waals surface area contributed by atoms with Crippen molar-refractivity contribution >= 4 is 0 Å². The third-order valence-electron chi connectivity index (χ3n) is 3.64. The number of likely N-dealkylation sites (N-methyl/N-ethyl adjacent to an activating group) is 1. The molecule has 0 amide bonds. The number of hydrogen-bond donors (Lipinski definition) is 1. The summed E-state index contributed by atoms with van der Waals surface area (Å²) in [6.45, 7) is 4.92. The van der Waals surface area contributed by atoms with Crippen LogP contribution in [0.3, 0.4) is 0 Å². The van der Waals surface area contributed by atoms with Crippen molar-refractivity contribution in [3.05, 3.63) is 0 Å². The van der Waals surface area contributed by atoms with Crippen LogP contribution in [-0.4, -0.2) is 37.1 Å². The Morgan fingerprint density at radius 3 is 2.92 bits per heavy atom. The first kappa shape index (κ1) is 9.47. The first-order valence-electron chi connectivity index (χ1n) is 5.76. The SMILES string of the molecule is CCCC1CC1N1CCC(NC)C1. The lowest BCUT2D eigenvalue weighted by atomic mass is 10.2. The summed E-state index contributed by atoms with van der Waals surface area (Å²) < 4.78 is 0. The van der Waals surface area contributed by atoms with E-state index in [1.165, 1.54) is 38.8 Å². The van der Waals surface area contributed by atoms with Gasteiger partial charge in [-0.05, 0) is 32.2 Å². The Balaban J connectivity index is 1.72. The Bertz CT molecular complexity index is 169. The van der Waals surface area contributed by atoms with Crippen molar-refractivity contribution in [2.75, 3.05) is 20.1 Å². The predicted octanol–water partition coefficient (Wildman–Crippen LogP) is 1.47. The highest BCUT2D eigenvalue weighted by atomic mass is 15.2. The highest BCUT2D eigenvalue weighted by Gasteiger charge is 2.42. The van der Waals surface area contributed by atoms with E-state index >= 15 is 0 Å². The quantitative estimate of drug-likeness (QED) is 0.708. The molecule has 0 spiro atoms. The standard InChI is InChI=1S/C11H22N2/c1-3-4-9-7-11(9)13-6-5-10(8-13)12-2/h9-12H,3-8H2,1-2H3. The van der Waals surface area contributed by atoms with Crippen LogP contribution in [0.1, 0.15) is 32.6 Å². The summed E-state index contributed by atoms with van der Waals surface area (Å²) in [6.07, 6.45) is 5.64. The molecule has 2 nitrogen and oxygen atoms in total. The van der Waals surface area contributed by atoms with Gasteiger partial charge in [0, 0.05) is 25.2 Å². The topological polar surface area (TPSA) is 15.3 Å². The summed E-state index contributed by atoms with van der Waals surface area (Å²) in [5.74, 6) is 1.04. The first-order valence-corrected chi connectivity index (χ1v) is 5.76. The molecule has 0 aromatic rings. The van der Waals surface area contributed by atoms with E-state index in [1.807, 2.05) is 0 Å². The molecule has 0 aromatic heterocycles. The van der Waals surface area contributed by atoms with E-state index in [9.17, 15) is 0 Å². The van der Waals surface area contributed by atoms with Gasteiger partial charge in [0.25, 0.3) is 0 Å². The van der Waals surface area contributed by atoms with Crippen molar-refractivity contribution in [2.24, 2.45) is 5.92 Å². The van der Waals surface area contributed by atoms with Crippen molar-refractivity contribution in [1.29, 1.82) is 0 Å². The molecule has 0 bridgehead atoms. The highest BCUT2D eigenvalue weighted by Crippen LogP contribution is 2.40. The van der Waals surface area contributed by atoms with Gasteiger partial charge in [0.1, 0.15) is 0 Å². The molecule has 1 N–H and O–H groups in total. The van der Waals surface area contributed by atoms with Crippen LogP contribution < -0.4 is 5.32 Å². The number of likely N-dealkylation sites (tertiary alicyclic amines) is 1. The Morgan fingerprint density at radius 2 is 2.31 bits per heavy atom. The van der Waals surface area contributed by atoms with E-state index in [1.54, 1.807) is 0 Å². The van der Waals surface area contributed by atoms with E-state index < -0.39 is 0 Å². The molecule has 2 fully saturated rings. The molecule has 2 rings (SSSR count). The van der Waals surface area contributed by atoms with Gasteiger partial charge in [-0.1, -0.05) is 13.3 Å². The maximum atomic E-state index is 3.38. The van der Waals surface area contributed by atoms with E-state index in [0.29, 0.717) is 0 Å². The van der Waals surface area contributed by atoms with Crippen LogP contribution in [0.2, 0.25) is 0 Å². The lowest BCUT2D eigenvalue weighted by Crippen LogP contribution is -2.31. The van der Waals surface area contributed by atoms with Gasteiger partial charge in [-0.3, -0.25) is 4.90 Å². The zero-order valence-electron chi connectivity index (χ0n) is 8.92. The summed E-state index contributed by atoms with van der Waals surface area (Å²) in [5.41, 5.74) is 0. The molecule has 3 atom stereocenters. The minimum Gasteiger partial charge on any atom is -0.316 e. The highest BCUT2D eigenvalue weighted by molar-refractivity contribution is 4.98. The molecule has 2 aliphatic rings. The molecule has 2 heteroatoms. The Kier molecular flexibility index (Phi) is 2.89. The summed E-state index contributed by atoms with van der Waals surface area (Å²) in [7, 11) is 2.09. The molecule has 1 aliphatic carbocycles. The monoisotopic (exact) mass is 182 g/mol. The summed E-state index contributed by atoms with van der Waals surface area (Å²) in [5, 5.41) is 3.38. The Labute approximate surface area is 81.7 Å². The second-order valence-corrected chi connectivity index (χ2v) is 4.62. The third kappa shape index (κ3) is 2.05.